The second-order valence-electron chi connectivity index (χ2n) is 10.3. The number of carbonyl (C=O) groups excluding carboxylic acids is 1. The number of aryl methyl sites for hydroxylation is 1. The largest absolute Gasteiger partial charge is 0.489 e. The summed E-state index contributed by atoms with van der Waals surface area (Å²) in [5.74, 6) is 1.29. The van der Waals surface area contributed by atoms with E-state index in [1.807, 2.05) is 43.3 Å². The van der Waals surface area contributed by atoms with Crippen LogP contribution in [0.1, 0.15) is 43.6 Å². The molecular weight excluding hydrogens is 458 g/mol. The second kappa shape index (κ2) is 11.1. The molecule has 0 aliphatic rings. The molecule has 7 nitrogen and oxygen atoms in total. The van der Waals surface area contributed by atoms with E-state index in [1.165, 1.54) is 0 Å². The Morgan fingerprint density at radius 1 is 1.09 bits per heavy atom. The molecule has 1 amide bonds. The van der Waals surface area contributed by atoms with Gasteiger partial charge in [-0.05, 0) is 42.8 Å². The number of benzene rings is 2. The van der Waals surface area contributed by atoms with Crippen molar-refractivity contribution in [3.05, 3.63) is 71.9 Å². The summed E-state index contributed by atoms with van der Waals surface area (Å²) in [6.45, 7) is 13.9. The molecule has 0 saturated heterocycles. The zero-order valence-electron chi connectivity index (χ0n) is 21.8. The van der Waals surface area contributed by atoms with Gasteiger partial charge in [0.15, 0.2) is 14.1 Å². The van der Waals surface area contributed by atoms with Crippen molar-refractivity contribution in [2.75, 3.05) is 11.9 Å². The summed E-state index contributed by atoms with van der Waals surface area (Å²) in [6, 6.07) is 16.9. The third kappa shape index (κ3) is 7.70. The van der Waals surface area contributed by atoms with E-state index in [1.54, 1.807) is 36.1 Å². The summed E-state index contributed by atoms with van der Waals surface area (Å²) in [5, 5.41) is 7.16. The number of hydrogen-bond acceptors (Lipinski definition) is 5. The fraction of sp³-hybridized carbons (Fsp3) is 0.407. The van der Waals surface area contributed by atoms with Crippen LogP contribution in [0, 0.1) is 0 Å². The number of amides is 1. The molecule has 0 fully saturated rings. The number of anilines is 1. The molecule has 0 saturated carbocycles. The van der Waals surface area contributed by atoms with Gasteiger partial charge in [0.2, 0.25) is 0 Å². The highest BCUT2D eigenvalue weighted by Gasteiger charge is 2.37. The van der Waals surface area contributed by atoms with Crippen LogP contribution in [0.5, 0.6) is 11.5 Å². The number of rotatable bonds is 10. The van der Waals surface area contributed by atoms with Crippen LogP contribution in [-0.2, 0) is 18.1 Å². The minimum atomic E-state index is -1.89. The van der Waals surface area contributed by atoms with Crippen molar-refractivity contribution in [2.45, 2.75) is 58.5 Å². The molecular formula is C27H37N3O4Si. The molecule has 2 aromatic carbocycles. The topological polar surface area (TPSA) is 74.6 Å². The van der Waals surface area contributed by atoms with Crippen LogP contribution < -0.4 is 14.8 Å². The Kier molecular flexibility index (Phi) is 8.40. The van der Waals surface area contributed by atoms with Gasteiger partial charge >= 0.3 is 0 Å². The molecule has 35 heavy (non-hydrogen) atoms. The van der Waals surface area contributed by atoms with Crippen molar-refractivity contribution < 1.29 is 18.7 Å². The average Bonchev–Trinajstić information content (AvgIpc) is 3.20. The van der Waals surface area contributed by atoms with Gasteiger partial charge < -0.3 is 19.2 Å². The molecule has 188 valence electrons. The van der Waals surface area contributed by atoms with Crippen LogP contribution >= 0.6 is 0 Å². The molecule has 3 rings (SSSR count). The Labute approximate surface area is 209 Å². The van der Waals surface area contributed by atoms with Crippen molar-refractivity contribution in [2.24, 2.45) is 7.05 Å². The molecule has 0 aliphatic heterocycles. The van der Waals surface area contributed by atoms with Crippen LogP contribution in [0.4, 0.5) is 5.82 Å². The first kappa shape index (κ1) is 26.5. The lowest BCUT2D eigenvalue weighted by Crippen LogP contribution is -2.43. The highest BCUT2D eigenvalue weighted by molar-refractivity contribution is 6.74. The van der Waals surface area contributed by atoms with Gasteiger partial charge in [0, 0.05) is 30.9 Å². The van der Waals surface area contributed by atoms with Crippen LogP contribution in [0.25, 0.3) is 0 Å². The maximum Gasteiger partial charge on any atom is 0.257 e. The Morgan fingerprint density at radius 3 is 2.40 bits per heavy atom. The molecule has 1 N–H and O–H groups in total. The summed E-state index contributed by atoms with van der Waals surface area (Å²) < 4.78 is 20.1. The van der Waals surface area contributed by atoms with E-state index < -0.39 is 8.32 Å². The molecule has 1 aromatic heterocycles. The van der Waals surface area contributed by atoms with E-state index in [9.17, 15) is 4.79 Å². The Morgan fingerprint density at radius 2 is 1.77 bits per heavy atom. The van der Waals surface area contributed by atoms with Gasteiger partial charge in [0.25, 0.3) is 5.91 Å². The van der Waals surface area contributed by atoms with Gasteiger partial charge in [0.05, 0.1) is 6.61 Å². The molecule has 1 heterocycles. The zero-order chi connectivity index (χ0) is 25.6. The first-order valence-electron chi connectivity index (χ1n) is 11.9. The normalized spacial score (nSPS) is 12.8. The van der Waals surface area contributed by atoms with Crippen LogP contribution in [0.3, 0.4) is 0 Å². The smallest absolute Gasteiger partial charge is 0.257 e. The first-order chi connectivity index (χ1) is 16.4. The van der Waals surface area contributed by atoms with E-state index in [4.69, 9.17) is 13.9 Å². The monoisotopic (exact) mass is 495 g/mol. The molecule has 1 atom stereocenters. The van der Waals surface area contributed by atoms with Crippen LogP contribution in [0.2, 0.25) is 18.1 Å². The minimum absolute atomic E-state index is 0.120. The van der Waals surface area contributed by atoms with Crippen LogP contribution in [0.15, 0.2) is 60.8 Å². The first-order valence-corrected chi connectivity index (χ1v) is 14.8. The summed E-state index contributed by atoms with van der Waals surface area (Å²) >= 11 is 0. The Balaban J connectivity index is 1.76. The fourth-order valence-electron chi connectivity index (χ4n) is 3.07. The molecule has 0 bridgehead atoms. The van der Waals surface area contributed by atoms with Crippen molar-refractivity contribution in [3.8, 4) is 11.5 Å². The van der Waals surface area contributed by atoms with Crippen molar-refractivity contribution in [1.82, 2.24) is 9.78 Å². The van der Waals surface area contributed by atoms with E-state index in [0.29, 0.717) is 36.1 Å². The number of hydrogen-bond donors (Lipinski definition) is 1. The summed E-state index contributed by atoms with van der Waals surface area (Å²) in [6.07, 6.45) is 1.58. The number of aromatic nitrogens is 2. The lowest BCUT2D eigenvalue weighted by Gasteiger charge is -2.36. The molecule has 0 unspecified atom stereocenters. The molecule has 3 aromatic rings. The van der Waals surface area contributed by atoms with Gasteiger partial charge in [-0.15, -0.1) is 0 Å². The number of nitrogens with one attached hydrogen (secondary N) is 1. The van der Waals surface area contributed by atoms with Gasteiger partial charge in [-0.25, -0.2) is 0 Å². The molecule has 0 radical (unpaired) electrons. The third-order valence-electron chi connectivity index (χ3n) is 6.17. The number of ether oxygens (including phenoxy) is 2. The van der Waals surface area contributed by atoms with E-state index in [2.05, 4.69) is 44.3 Å². The summed E-state index contributed by atoms with van der Waals surface area (Å²) in [4.78, 5) is 13.0. The highest BCUT2D eigenvalue weighted by Crippen LogP contribution is 2.36. The highest BCUT2D eigenvalue weighted by atomic mass is 28.4. The van der Waals surface area contributed by atoms with Crippen molar-refractivity contribution in [3.63, 3.8) is 0 Å². The minimum Gasteiger partial charge on any atom is -0.489 e. The summed E-state index contributed by atoms with van der Waals surface area (Å²) in [7, 11) is -0.0953. The predicted octanol–water partition coefficient (Wildman–Crippen LogP) is 6.04. The van der Waals surface area contributed by atoms with Crippen molar-refractivity contribution >= 4 is 20.0 Å². The second-order valence-corrected chi connectivity index (χ2v) is 15.1. The fourth-order valence-corrected chi connectivity index (χ4v) is 4.16. The zero-order valence-corrected chi connectivity index (χ0v) is 22.8. The van der Waals surface area contributed by atoms with Gasteiger partial charge in [-0.3, -0.25) is 9.48 Å². The lowest BCUT2D eigenvalue weighted by atomic mass is 10.1. The van der Waals surface area contributed by atoms with Gasteiger partial charge in [-0.1, -0.05) is 51.1 Å². The molecule has 0 spiro atoms. The Bertz CT molecular complexity index is 1120. The lowest BCUT2D eigenvalue weighted by molar-refractivity contribution is 0.102. The third-order valence-corrected chi connectivity index (χ3v) is 10.7. The number of carbonyl (C=O) groups is 1. The maximum absolute atomic E-state index is 13.0. The van der Waals surface area contributed by atoms with E-state index in [0.717, 1.165) is 5.56 Å². The van der Waals surface area contributed by atoms with Crippen molar-refractivity contribution in [1.29, 1.82) is 0 Å². The maximum atomic E-state index is 13.0. The van der Waals surface area contributed by atoms with Crippen LogP contribution in [-0.4, -0.2) is 36.7 Å². The quantitative estimate of drug-likeness (QED) is 0.347. The standard InChI is InChI=1S/C27H37N3O4Si/c1-20(18-33-35(6,7)27(2,3)4)34-24-16-22(26(31)28-25-13-14-30(5)29-25)15-23(17-24)32-19-21-11-9-8-10-12-21/h8-17,20H,18-19H2,1-7H3,(H,28,29,31)/t20-/m0/s1. The van der Waals surface area contributed by atoms with E-state index >= 15 is 0 Å². The average molecular weight is 496 g/mol. The van der Waals surface area contributed by atoms with E-state index in [-0.39, 0.29) is 17.0 Å². The summed E-state index contributed by atoms with van der Waals surface area (Å²) in [5.41, 5.74) is 1.46. The Hall–Kier alpha value is -3.10. The predicted molar refractivity (Wildman–Crippen MR) is 142 cm³/mol. The van der Waals surface area contributed by atoms with Gasteiger partial charge in [0.1, 0.15) is 24.2 Å². The SMILES string of the molecule is C[C@@H](CO[Si](C)(C)C(C)(C)C)Oc1cc(OCc2ccccc2)cc(C(=O)Nc2ccn(C)n2)c1. The van der Waals surface area contributed by atoms with Gasteiger partial charge in [-0.2, -0.15) is 5.10 Å². The number of nitrogens with zero attached hydrogens (tertiary/aromatic N) is 2. The molecule has 0 aliphatic carbocycles. The molecule has 8 heteroatoms.